The highest BCUT2D eigenvalue weighted by Gasteiger charge is 2.33. The molecule has 0 unspecified atom stereocenters. The first kappa shape index (κ1) is 27.7. The number of carbonyl (C=O) groups excluding carboxylic acids is 1. The van der Waals surface area contributed by atoms with Gasteiger partial charge in [-0.2, -0.15) is 5.26 Å². The molecule has 4 rings (SSSR count). The van der Waals surface area contributed by atoms with E-state index in [1.54, 1.807) is 36.7 Å². The van der Waals surface area contributed by atoms with Gasteiger partial charge in [0, 0.05) is 31.7 Å². The first-order valence-electron chi connectivity index (χ1n) is 12.3. The van der Waals surface area contributed by atoms with Gasteiger partial charge in [0.2, 0.25) is 0 Å². The van der Waals surface area contributed by atoms with Crippen molar-refractivity contribution in [3.8, 4) is 17.6 Å². The van der Waals surface area contributed by atoms with Crippen molar-refractivity contribution < 1.29 is 19.0 Å². The summed E-state index contributed by atoms with van der Waals surface area (Å²) in [4.78, 5) is 30.7. The fourth-order valence-electron chi connectivity index (χ4n) is 4.65. The highest BCUT2D eigenvalue weighted by molar-refractivity contribution is 8.26. The Morgan fingerprint density at radius 1 is 1.18 bits per heavy atom. The summed E-state index contributed by atoms with van der Waals surface area (Å²) in [7, 11) is 3.17. The van der Waals surface area contributed by atoms with Gasteiger partial charge in [-0.05, 0) is 49.6 Å². The number of carbonyl (C=O) groups is 1. The zero-order valence-corrected chi connectivity index (χ0v) is 23.5. The molecule has 2 aromatic rings. The molecule has 200 valence electrons. The lowest BCUT2D eigenvalue weighted by atomic mass is 10.0. The standard InChI is InChI=1S/C27H30N4O5S2/c1-5-30-24(29-10-12-36-13-11-29)19(17(2)20(16-28)25(30)32)15-23-26(33)31(27(37)38-23)9-8-18-6-7-21(34-3)22(14-18)35-4/h6-7,14-15H,5,8-13H2,1-4H3/b23-15+. The third kappa shape index (κ3) is 5.29. The van der Waals surface area contributed by atoms with Crippen molar-refractivity contribution in [2.45, 2.75) is 26.8 Å². The Bertz CT molecular complexity index is 1390. The number of pyridine rings is 1. The molecule has 0 N–H and O–H groups in total. The summed E-state index contributed by atoms with van der Waals surface area (Å²) < 4.78 is 18.3. The van der Waals surface area contributed by atoms with Crippen LogP contribution in [0.15, 0.2) is 27.9 Å². The van der Waals surface area contributed by atoms with E-state index >= 15 is 0 Å². The molecule has 0 saturated carbocycles. The zero-order chi connectivity index (χ0) is 27.4. The van der Waals surface area contributed by atoms with Gasteiger partial charge in [0.15, 0.2) is 11.5 Å². The van der Waals surface area contributed by atoms with E-state index in [9.17, 15) is 14.9 Å². The van der Waals surface area contributed by atoms with Gasteiger partial charge < -0.3 is 19.1 Å². The minimum atomic E-state index is -0.325. The van der Waals surface area contributed by atoms with E-state index in [0.717, 1.165) is 5.56 Å². The lowest BCUT2D eigenvalue weighted by Crippen LogP contribution is -2.41. The van der Waals surface area contributed by atoms with Crippen molar-refractivity contribution in [3.05, 3.63) is 55.7 Å². The number of nitrogens with zero attached hydrogens (tertiary/aromatic N) is 4. The molecule has 3 heterocycles. The number of thioether (sulfide) groups is 1. The molecular weight excluding hydrogens is 524 g/mol. The van der Waals surface area contributed by atoms with Gasteiger partial charge in [-0.15, -0.1) is 0 Å². The van der Waals surface area contributed by atoms with E-state index in [4.69, 9.17) is 26.4 Å². The van der Waals surface area contributed by atoms with Crippen LogP contribution in [0.4, 0.5) is 5.82 Å². The van der Waals surface area contributed by atoms with Crippen molar-refractivity contribution in [1.82, 2.24) is 9.47 Å². The summed E-state index contributed by atoms with van der Waals surface area (Å²) in [5.41, 5.74) is 1.98. The van der Waals surface area contributed by atoms with Crippen LogP contribution < -0.4 is 19.9 Å². The van der Waals surface area contributed by atoms with E-state index in [0.29, 0.717) is 83.5 Å². The number of benzene rings is 1. The van der Waals surface area contributed by atoms with Crippen molar-refractivity contribution >= 4 is 46.1 Å². The molecule has 0 atom stereocenters. The van der Waals surface area contributed by atoms with Crippen LogP contribution in [0.25, 0.3) is 6.08 Å². The monoisotopic (exact) mass is 554 g/mol. The van der Waals surface area contributed by atoms with Crippen LogP contribution in [-0.2, 0) is 22.5 Å². The first-order chi connectivity index (χ1) is 18.3. The largest absolute Gasteiger partial charge is 0.493 e. The highest BCUT2D eigenvalue weighted by Crippen LogP contribution is 2.36. The Hall–Kier alpha value is -3.33. The number of rotatable bonds is 8. The molecule has 2 aliphatic heterocycles. The van der Waals surface area contributed by atoms with Crippen LogP contribution in [0.5, 0.6) is 11.5 Å². The van der Waals surface area contributed by atoms with Gasteiger partial charge in [-0.25, -0.2) is 0 Å². The predicted octanol–water partition coefficient (Wildman–Crippen LogP) is 3.35. The van der Waals surface area contributed by atoms with E-state index in [2.05, 4.69) is 11.0 Å². The first-order valence-corrected chi connectivity index (χ1v) is 13.5. The number of ether oxygens (including phenoxy) is 3. The van der Waals surface area contributed by atoms with Crippen LogP contribution in [0.3, 0.4) is 0 Å². The molecular formula is C27H30N4O5S2. The fraction of sp³-hybridized carbons (Fsp3) is 0.407. The average molecular weight is 555 g/mol. The Labute approximate surface area is 231 Å². The second-order valence-electron chi connectivity index (χ2n) is 8.77. The van der Waals surface area contributed by atoms with Crippen LogP contribution in [0, 0.1) is 18.3 Å². The van der Waals surface area contributed by atoms with Crippen LogP contribution in [0.1, 0.15) is 29.2 Å². The molecule has 11 heteroatoms. The third-order valence-corrected chi connectivity index (χ3v) is 8.07. The summed E-state index contributed by atoms with van der Waals surface area (Å²) in [5, 5.41) is 9.75. The molecule has 0 spiro atoms. The number of amides is 1. The molecule has 2 fully saturated rings. The van der Waals surface area contributed by atoms with Crippen LogP contribution in [-0.4, -0.2) is 66.8 Å². The smallest absolute Gasteiger partial charge is 0.270 e. The van der Waals surface area contributed by atoms with Gasteiger partial charge in [-0.3, -0.25) is 19.1 Å². The minimum Gasteiger partial charge on any atom is -0.493 e. The zero-order valence-electron chi connectivity index (χ0n) is 21.9. The van der Waals surface area contributed by atoms with Crippen molar-refractivity contribution in [2.24, 2.45) is 0 Å². The molecule has 0 aliphatic carbocycles. The van der Waals surface area contributed by atoms with Crippen molar-refractivity contribution in [3.63, 3.8) is 0 Å². The number of thiocarbonyl (C=S) groups is 1. The number of hydrogen-bond donors (Lipinski definition) is 0. The highest BCUT2D eigenvalue weighted by atomic mass is 32.2. The van der Waals surface area contributed by atoms with Gasteiger partial charge in [0.25, 0.3) is 11.5 Å². The van der Waals surface area contributed by atoms with Gasteiger partial charge in [0.1, 0.15) is 21.8 Å². The predicted molar refractivity (Wildman–Crippen MR) is 152 cm³/mol. The molecule has 1 aromatic carbocycles. The number of hydrogen-bond acceptors (Lipinski definition) is 9. The summed E-state index contributed by atoms with van der Waals surface area (Å²) in [6.07, 6.45) is 2.36. The summed E-state index contributed by atoms with van der Waals surface area (Å²) >= 11 is 6.80. The molecule has 0 bridgehead atoms. The number of nitriles is 1. The quantitative estimate of drug-likeness (QED) is 0.360. The molecule has 38 heavy (non-hydrogen) atoms. The molecule has 2 aliphatic rings. The Morgan fingerprint density at radius 3 is 2.53 bits per heavy atom. The lowest BCUT2D eigenvalue weighted by molar-refractivity contribution is -0.122. The Kier molecular flexibility index (Phi) is 8.76. The maximum Gasteiger partial charge on any atom is 0.270 e. The van der Waals surface area contributed by atoms with Gasteiger partial charge >= 0.3 is 0 Å². The molecule has 2 saturated heterocycles. The molecule has 1 amide bonds. The third-order valence-electron chi connectivity index (χ3n) is 6.69. The van der Waals surface area contributed by atoms with Crippen molar-refractivity contribution in [2.75, 3.05) is 52.0 Å². The lowest BCUT2D eigenvalue weighted by Gasteiger charge is -2.33. The summed E-state index contributed by atoms with van der Waals surface area (Å²) in [5.74, 6) is 1.77. The number of anilines is 1. The van der Waals surface area contributed by atoms with E-state index in [1.807, 2.05) is 25.1 Å². The topological polar surface area (TPSA) is 97.0 Å². The van der Waals surface area contributed by atoms with E-state index in [-0.39, 0.29) is 17.0 Å². The fourth-order valence-corrected chi connectivity index (χ4v) is 5.94. The van der Waals surface area contributed by atoms with Gasteiger partial charge in [-0.1, -0.05) is 30.0 Å². The minimum absolute atomic E-state index is 0.0824. The normalized spacial score (nSPS) is 16.8. The Morgan fingerprint density at radius 2 is 1.89 bits per heavy atom. The SMILES string of the molecule is CCn1c(N2CCOCC2)c(/C=C2/SC(=S)N(CCc3ccc(OC)c(OC)c3)C2=O)c(C)c(C#N)c1=O. The number of aromatic nitrogens is 1. The van der Waals surface area contributed by atoms with Gasteiger partial charge in [0.05, 0.1) is 32.3 Å². The molecule has 9 nitrogen and oxygen atoms in total. The number of methoxy groups -OCH3 is 2. The second kappa shape index (κ2) is 12.0. The molecule has 0 radical (unpaired) electrons. The van der Waals surface area contributed by atoms with E-state index < -0.39 is 0 Å². The second-order valence-corrected chi connectivity index (χ2v) is 10.4. The Balaban J connectivity index is 1.68. The molecule has 1 aromatic heterocycles. The maximum atomic E-state index is 13.5. The van der Waals surface area contributed by atoms with E-state index in [1.165, 1.54) is 11.8 Å². The van der Waals surface area contributed by atoms with Crippen LogP contribution >= 0.6 is 24.0 Å². The number of morpholine rings is 1. The average Bonchev–Trinajstić information content (AvgIpc) is 3.20. The van der Waals surface area contributed by atoms with Crippen LogP contribution in [0.2, 0.25) is 0 Å². The summed E-state index contributed by atoms with van der Waals surface area (Å²) in [6, 6.07) is 7.73. The van der Waals surface area contributed by atoms with Crippen molar-refractivity contribution in [1.29, 1.82) is 5.26 Å². The summed E-state index contributed by atoms with van der Waals surface area (Å²) in [6.45, 7) is 6.73. The maximum absolute atomic E-state index is 13.5.